The van der Waals surface area contributed by atoms with Gasteiger partial charge >= 0.3 is 0 Å². The number of carbonyl (C=O) groups is 1. The molecule has 0 fully saturated rings. The fourth-order valence-electron chi connectivity index (χ4n) is 2.32. The van der Waals surface area contributed by atoms with Gasteiger partial charge in [0.25, 0.3) is 5.56 Å². The third-order valence-corrected chi connectivity index (χ3v) is 3.81. The molecule has 3 N–H and O–H groups in total. The molecule has 0 bridgehead atoms. The highest BCUT2D eigenvalue weighted by atomic mass is 32.1. The maximum Gasteiger partial charge on any atom is 0.251 e. The molecule has 0 aliphatic heterocycles. The molecule has 8 nitrogen and oxygen atoms in total. The molecule has 0 aliphatic rings. The van der Waals surface area contributed by atoms with E-state index in [1.807, 2.05) is 35.0 Å². The number of benzene rings is 1. The van der Waals surface area contributed by atoms with Crippen LogP contribution in [0.3, 0.4) is 0 Å². The van der Waals surface area contributed by atoms with Crippen molar-refractivity contribution < 1.29 is 4.79 Å². The lowest BCUT2D eigenvalue weighted by Crippen LogP contribution is -2.23. The number of aromatic amines is 2. The Hall–Kier alpha value is -3.33. The van der Waals surface area contributed by atoms with E-state index < -0.39 is 0 Å². The van der Waals surface area contributed by atoms with Gasteiger partial charge in [0.2, 0.25) is 5.91 Å². The molecular weight excluding hydrogens is 352 g/mol. The second kappa shape index (κ2) is 7.70. The van der Waals surface area contributed by atoms with Crippen LogP contribution in [0.25, 0.3) is 5.69 Å². The molecule has 0 saturated heterocycles. The number of H-pyrrole nitrogens is 2. The van der Waals surface area contributed by atoms with Gasteiger partial charge in [-0.15, -0.1) is 0 Å². The molecule has 3 rings (SSSR count). The number of aromatic nitrogens is 4. The molecule has 132 valence electrons. The van der Waals surface area contributed by atoms with Crippen LogP contribution in [0.5, 0.6) is 0 Å². The zero-order valence-electron chi connectivity index (χ0n) is 13.9. The maximum atomic E-state index is 12.0. The first-order valence-electron chi connectivity index (χ1n) is 7.76. The molecule has 26 heavy (non-hydrogen) atoms. The van der Waals surface area contributed by atoms with Gasteiger partial charge in [-0.2, -0.15) is 5.10 Å². The summed E-state index contributed by atoms with van der Waals surface area (Å²) in [6.45, 7) is 1.80. The van der Waals surface area contributed by atoms with E-state index in [2.05, 4.69) is 25.5 Å². The van der Waals surface area contributed by atoms with Gasteiger partial charge in [-0.05, 0) is 36.8 Å². The van der Waals surface area contributed by atoms with Gasteiger partial charge in [-0.1, -0.05) is 12.1 Å². The highest BCUT2D eigenvalue weighted by molar-refractivity contribution is 7.71. The van der Waals surface area contributed by atoms with Crippen LogP contribution in [0.2, 0.25) is 0 Å². The van der Waals surface area contributed by atoms with Gasteiger partial charge in [-0.3, -0.25) is 14.6 Å². The summed E-state index contributed by atoms with van der Waals surface area (Å²) in [6, 6.07) is 8.99. The topological polar surface area (TPSA) is 108 Å². The van der Waals surface area contributed by atoms with Gasteiger partial charge in [-0.25, -0.2) is 10.4 Å². The number of rotatable bonds is 5. The lowest BCUT2D eigenvalue weighted by Gasteiger charge is -2.05. The Bertz CT molecular complexity index is 1020. The fraction of sp³-hybridized carbons (Fsp3) is 0.118. The van der Waals surface area contributed by atoms with E-state index in [1.54, 1.807) is 19.4 Å². The molecular formula is C17H16N6O2S. The van der Waals surface area contributed by atoms with Gasteiger partial charge in [0, 0.05) is 29.8 Å². The second-order valence-corrected chi connectivity index (χ2v) is 5.95. The molecule has 0 unspecified atom stereocenters. The molecule has 0 saturated carbocycles. The van der Waals surface area contributed by atoms with Gasteiger partial charge in [0.1, 0.15) is 0 Å². The highest BCUT2D eigenvalue weighted by Gasteiger charge is 2.05. The minimum atomic E-state index is -0.353. The summed E-state index contributed by atoms with van der Waals surface area (Å²) in [7, 11) is 0. The summed E-state index contributed by atoms with van der Waals surface area (Å²) in [6.07, 6.45) is 5.26. The number of nitrogens with one attached hydrogen (secondary N) is 3. The van der Waals surface area contributed by atoms with Crippen molar-refractivity contribution >= 4 is 23.8 Å². The summed E-state index contributed by atoms with van der Waals surface area (Å²) in [5.41, 5.74) is 5.07. The predicted molar refractivity (Wildman–Crippen MR) is 99.9 cm³/mol. The van der Waals surface area contributed by atoms with Crippen molar-refractivity contribution in [3.05, 3.63) is 75.4 Å². The van der Waals surface area contributed by atoms with Crippen LogP contribution in [0.1, 0.15) is 18.2 Å². The Kier molecular flexibility index (Phi) is 5.18. The zero-order valence-corrected chi connectivity index (χ0v) is 14.7. The summed E-state index contributed by atoms with van der Waals surface area (Å²) >= 11 is 4.87. The SMILES string of the molecule is C/C(=N/NC(=O)Cc1cc(=O)[nH]c(=S)[nH]1)c1ccc(-n2ccnc2)cc1. The normalized spacial score (nSPS) is 11.3. The van der Waals surface area contributed by atoms with Gasteiger partial charge < -0.3 is 9.55 Å². The van der Waals surface area contributed by atoms with E-state index in [0.29, 0.717) is 11.4 Å². The molecule has 0 radical (unpaired) electrons. The number of nitrogens with zero attached hydrogens (tertiary/aromatic N) is 3. The van der Waals surface area contributed by atoms with Gasteiger partial charge in [0.05, 0.1) is 18.5 Å². The quantitative estimate of drug-likeness (QED) is 0.362. The lowest BCUT2D eigenvalue weighted by molar-refractivity contribution is -0.120. The van der Waals surface area contributed by atoms with Crippen LogP contribution in [-0.4, -0.2) is 31.1 Å². The Labute approximate surface area is 153 Å². The number of carbonyl (C=O) groups excluding carboxylic acids is 1. The van der Waals surface area contributed by atoms with E-state index >= 15 is 0 Å². The minimum Gasteiger partial charge on any atom is -0.335 e. The molecule has 0 atom stereocenters. The zero-order chi connectivity index (χ0) is 18.5. The first kappa shape index (κ1) is 17.5. The third-order valence-electron chi connectivity index (χ3n) is 3.60. The molecule has 1 aromatic carbocycles. The average molecular weight is 368 g/mol. The molecule has 2 aromatic heterocycles. The smallest absolute Gasteiger partial charge is 0.251 e. The average Bonchev–Trinajstić information content (AvgIpc) is 3.13. The summed E-state index contributed by atoms with van der Waals surface area (Å²) in [4.78, 5) is 32.5. The third kappa shape index (κ3) is 4.39. The molecule has 2 heterocycles. The standard InChI is InChI=1S/C17H16N6O2S/c1-11(12-2-4-14(5-3-12)23-7-6-18-10-23)21-22-16(25)9-13-8-15(24)20-17(26)19-13/h2-8,10H,9H2,1H3,(H,22,25)(H2,19,20,24,26)/b21-11-. The Morgan fingerprint density at radius 3 is 2.73 bits per heavy atom. The fourth-order valence-corrected chi connectivity index (χ4v) is 2.56. The summed E-state index contributed by atoms with van der Waals surface area (Å²) in [5.74, 6) is -0.351. The van der Waals surface area contributed by atoms with E-state index in [1.165, 1.54) is 6.07 Å². The first-order valence-corrected chi connectivity index (χ1v) is 8.16. The van der Waals surface area contributed by atoms with E-state index in [4.69, 9.17) is 12.2 Å². The lowest BCUT2D eigenvalue weighted by atomic mass is 10.1. The number of hydrogen-bond acceptors (Lipinski definition) is 5. The number of imidazole rings is 1. The summed E-state index contributed by atoms with van der Waals surface area (Å²) in [5, 5.41) is 4.10. The summed E-state index contributed by atoms with van der Waals surface area (Å²) < 4.78 is 2.07. The Balaban J connectivity index is 1.65. The molecule has 9 heteroatoms. The number of hydrogen-bond donors (Lipinski definition) is 3. The van der Waals surface area contributed by atoms with Crippen LogP contribution < -0.4 is 11.0 Å². The largest absolute Gasteiger partial charge is 0.335 e. The second-order valence-electron chi connectivity index (χ2n) is 5.54. The highest BCUT2D eigenvalue weighted by Crippen LogP contribution is 2.10. The van der Waals surface area contributed by atoms with Crippen molar-refractivity contribution in [3.8, 4) is 5.69 Å². The Morgan fingerprint density at radius 2 is 2.08 bits per heavy atom. The van der Waals surface area contributed by atoms with Crippen molar-refractivity contribution in [1.29, 1.82) is 0 Å². The maximum absolute atomic E-state index is 12.0. The predicted octanol–water partition coefficient (Wildman–Crippen LogP) is 1.70. The van der Waals surface area contributed by atoms with E-state index in [0.717, 1.165) is 11.3 Å². The monoisotopic (exact) mass is 368 g/mol. The van der Waals surface area contributed by atoms with Crippen LogP contribution in [-0.2, 0) is 11.2 Å². The van der Waals surface area contributed by atoms with Crippen LogP contribution in [0, 0.1) is 4.77 Å². The van der Waals surface area contributed by atoms with Crippen LogP contribution in [0.4, 0.5) is 0 Å². The molecule has 0 aliphatic carbocycles. The van der Waals surface area contributed by atoms with E-state index in [-0.39, 0.29) is 22.7 Å². The van der Waals surface area contributed by atoms with Crippen LogP contribution >= 0.6 is 12.2 Å². The van der Waals surface area contributed by atoms with Crippen molar-refractivity contribution in [2.24, 2.45) is 5.10 Å². The van der Waals surface area contributed by atoms with Crippen LogP contribution in [0.15, 0.2) is 58.9 Å². The molecule has 0 spiro atoms. The molecule has 1 amide bonds. The van der Waals surface area contributed by atoms with E-state index in [9.17, 15) is 9.59 Å². The number of amides is 1. The first-order chi connectivity index (χ1) is 12.5. The Morgan fingerprint density at radius 1 is 1.31 bits per heavy atom. The number of hydrazone groups is 1. The van der Waals surface area contributed by atoms with Gasteiger partial charge in [0.15, 0.2) is 4.77 Å². The van der Waals surface area contributed by atoms with Crippen molar-refractivity contribution in [2.75, 3.05) is 0 Å². The van der Waals surface area contributed by atoms with Crippen molar-refractivity contribution in [1.82, 2.24) is 24.9 Å². The van der Waals surface area contributed by atoms with Crippen molar-refractivity contribution in [3.63, 3.8) is 0 Å². The van der Waals surface area contributed by atoms with Crippen molar-refractivity contribution in [2.45, 2.75) is 13.3 Å². The molecule has 3 aromatic rings. The minimum absolute atomic E-state index is 0.0239.